The van der Waals surface area contributed by atoms with E-state index < -0.39 is 0 Å². The zero-order chi connectivity index (χ0) is 18.4. The molecule has 1 atom stereocenters. The molecule has 6 heteroatoms. The first-order valence-electron chi connectivity index (χ1n) is 9.20. The average Bonchev–Trinajstić information content (AvgIpc) is 2.64. The number of amides is 1. The first kappa shape index (κ1) is 18.2. The Labute approximate surface area is 154 Å². The highest BCUT2D eigenvalue weighted by Gasteiger charge is 2.22. The molecule has 1 saturated heterocycles. The highest BCUT2D eigenvalue weighted by Crippen LogP contribution is 2.18. The molecule has 1 aromatic heterocycles. The molecule has 0 bridgehead atoms. The molecule has 2 heterocycles. The second-order valence-corrected chi connectivity index (χ2v) is 6.64. The summed E-state index contributed by atoms with van der Waals surface area (Å²) in [5.41, 5.74) is 1.90. The Balaban J connectivity index is 1.52. The molecule has 26 heavy (non-hydrogen) atoms. The monoisotopic (exact) mass is 354 g/mol. The van der Waals surface area contributed by atoms with Gasteiger partial charge in [0.2, 0.25) is 5.91 Å². The average molecular weight is 354 g/mol. The Morgan fingerprint density at radius 3 is 2.73 bits per heavy atom. The van der Waals surface area contributed by atoms with Crippen LogP contribution < -0.4 is 15.0 Å². The number of carbonyl (C=O) groups is 1. The number of ether oxygens (including phenoxy) is 1. The van der Waals surface area contributed by atoms with Gasteiger partial charge in [-0.15, -0.1) is 5.10 Å². The molecule has 0 spiro atoms. The van der Waals surface area contributed by atoms with E-state index in [1.54, 1.807) is 0 Å². The number of nitrogens with zero attached hydrogens (tertiary/aromatic N) is 3. The third kappa shape index (κ3) is 4.94. The molecule has 1 fully saturated rings. The van der Waals surface area contributed by atoms with Crippen molar-refractivity contribution in [3.63, 3.8) is 0 Å². The van der Waals surface area contributed by atoms with Crippen molar-refractivity contribution < 1.29 is 9.53 Å². The van der Waals surface area contributed by atoms with E-state index in [2.05, 4.69) is 20.4 Å². The summed E-state index contributed by atoms with van der Waals surface area (Å²) in [5, 5.41) is 11.5. The van der Waals surface area contributed by atoms with E-state index in [-0.39, 0.29) is 11.9 Å². The number of carbonyl (C=O) groups excluding carboxylic acids is 1. The van der Waals surface area contributed by atoms with Crippen molar-refractivity contribution in [3.8, 4) is 5.75 Å². The molecule has 1 aliphatic heterocycles. The van der Waals surface area contributed by atoms with Gasteiger partial charge in [0.15, 0.2) is 5.82 Å². The fraction of sp³-hybridized carbons (Fsp3) is 0.450. The molecule has 3 rings (SSSR count). The summed E-state index contributed by atoms with van der Waals surface area (Å²) in [5.74, 6) is 1.76. The number of aromatic nitrogens is 2. The number of benzene rings is 1. The van der Waals surface area contributed by atoms with Crippen molar-refractivity contribution in [2.24, 2.45) is 0 Å². The molecule has 1 unspecified atom stereocenters. The number of anilines is 1. The van der Waals surface area contributed by atoms with Crippen molar-refractivity contribution in [1.82, 2.24) is 15.5 Å². The predicted molar refractivity (Wildman–Crippen MR) is 101 cm³/mol. The predicted octanol–water partition coefficient (Wildman–Crippen LogP) is 2.51. The third-order valence-corrected chi connectivity index (χ3v) is 4.49. The molecule has 2 aromatic rings. The van der Waals surface area contributed by atoms with Crippen LogP contribution in [0.3, 0.4) is 0 Å². The maximum absolute atomic E-state index is 12.4. The maximum atomic E-state index is 12.4. The smallest absolute Gasteiger partial charge is 0.224 e. The van der Waals surface area contributed by atoms with E-state index in [1.807, 2.05) is 50.2 Å². The molecule has 138 valence electrons. The van der Waals surface area contributed by atoms with Gasteiger partial charge in [-0.3, -0.25) is 4.79 Å². The number of hydrogen-bond acceptors (Lipinski definition) is 5. The molecule has 6 nitrogen and oxygen atoms in total. The fourth-order valence-electron chi connectivity index (χ4n) is 3.20. The molecule has 0 radical (unpaired) electrons. The van der Waals surface area contributed by atoms with Crippen molar-refractivity contribution >= 4 is 11.7 Å². The van der Waals surface area contributed by atoms with Crippen LogP contribution in [0.15, 0.2) is 36.4 Å². The highest BCUT2D eigenvalue weighted by atomic mass is 16.5. The first-order valence-corrected chi connectivity index (χ1v) is 9.20. The minimum Gasteiger partial charge on any atom is -0.494 e. The normalized spacial score (nSPS) is 17.0. The summed E-state index contributed by atoms with van der Waals surface area (Å²) in [6, 6.07) is 11.8. The Hall–Kier alpha value is -2.63. The fourth-order valence-corrected chi connectivity index (χ4v) is 3.20. The van der Waals surface area contributed by atoms with Crippen LogP contribution >= 0.6 is 0 Å². The molecule has 1 amide bonds. The molecular formula is C20H26N4O2. The van der Waals surface area contributed by atoms with Crippen LogP contribution in [0.25, 0.3) is 0 Å². The molecule has 1 N–H and O–H groups in total. The molecule has 1 aliphatic rings. The second kappa shape index (κ2) is 8.65. The van der Waals surface area contributed by atoms with Gasteiger partial charge in [-0.1, -0.05) is 12.1 Å². The van der Waals surface area contributed by atoms with Crippen molar-refractivity contribution in [3.05, 3.63) is 47.7 Å². The molecular weight excluding hydrogens is 328 g/mol. The van der Waals surface area contributed by atoms with Gasteiger partial charge in [-0.2, -0.15) is 5.10 Å². The topological polar surface area (TPSA) is 67.3 Å². The van der Waals surface area contributed by atoms with Crippen LogP contribution in [0.4, 0.5) is 5.82 Å². The zero-order valence-electron chi connectivity index (χ0n) is 15.4. The van der Waals surface area contributed by atoms with Crippen LogP contribution in [-0.4, -0.2) is 41.8 Å². The SMILES string of the molecule is CCOc1ccc(CC(=O)NC2CCCN(c3ccc(C)nn3)C2)cc1. The Morgan fingerprint density at radius 1 is 1.23 bits per heavy atom. The highest BCUT2D eigenvalue weighted by molar-refractivity contribution is 5.79. The van der Waals surface area contributed by atoms with Crippen LogP contribution in [0.5, 0.6) is 5.75 Å². The number of rotatable bonds is 6. The quantitative estimate of drug-likeness (QED) is 0.863. The Bertz CT molecular complexity index is 716. The van der Waals surface area contributed by atoms with E-state index in [0.29, 0.717) is 13.0 Å². The van der Waals surface area contributed by atoms with Gasteiger partial charge in [0.25, 0.3) is 0 Å². The standard InChI is InChI=1S/C20H26N4O2/c1-3-26-18-9-7-16(8-10-18)13-20(25)21-17-5-4-12-24(14-17)19-11-6-15(2)22-23-19/h6-11,17H,3-5,12-14H2,1-2H3,(H,21,25). The Morgan fingerprint density at radius 2 is 2.04 bits per heavy atom. The molecule has 0 aliphatic carbocycles. The first-order chi connectivity index (χ1) is 12.6. The largest absolute Gasteiger partial charge is 0.494 e. The lowest BCUT2D eigenvalue weighted by Crippen LogP contribution is -2.48. The van der Waals surface area contributed by atoms with Gasteiger partial charge < -0.3 is 15.0 Å². The van der Waals surface area contributed by atoms with Gasteiger partial charge in [-0.05, 0) is 56.5 Å². The molecule has 1 aromatic carbocycles. The summed E-state index contributed by atoms with van der Waals surface area (Å²) >= 11 is 0. The molecule has 0 saturated carbocycles. The van der Waals surface area contributed by atoms with Gasteiger partial charge in [0.1, 0.15) is 5.75 Å². The van der Waals surface area contributed by atoms with Gasteiger partial charge >= 0.3 is 0 Å². The van der Waals surface area contributed by atoms with E-state index in [0.717, 1.165) is 48.8 Å². The lowest BCUT2D eigenvalue weighted by atomic mass is 10.0. The second-order valence-electron chi connectivity index (χ2n) is 6.64. The lowest BCUT2D eigenvalue weighted by Gasteiger charge is -2.33. The summed E-state index contributed by atoms with van der Waals surface area (Å²) in [7, 11) is 0. The van der Waals surface area contributed by atoms with Gasteiger partial charge in [0, 0.05) is 19.1 Å². The number of nitrogens with one attached hydrogen (secondary N) is 1. The zero-order valence-corrected chi connectivity index (χ0v) is 15.4. The lowest BCUT2D eigenvalue weighted by molar-refractivity contribution is -0.121. The number of piperidine rings is 1. The summed E-state index contributed by atoms with van der Waals surface area (Å²) in [6.45, 7) is 6.24. The Kier molecular flexibility index (Phi) is 6.04. The van der Waals surface area contributed by atoms with E-state index in [9.17, 15) is 4.79 Å². The van der Waals surface area contributed by atoms with Crippen LogP contribution in [0.1, 0.15) is 31.0 Å². The van der Waals surface area contributed by atoms with Crippen LogP contribution in [0.2, 0.25) is 0 Å². The van der Waals surface area contributed by atoms with E-state index >= 15 is 0 Å². The summed E-state index contributed by atoms with van der Waals surface area (Å²) in [6.07, 6.45) is 2.40. The van der Waals surface area contributed by atoms with Crippen molar-refractivity contribution in [2.75, 3.05) is 24.6 Å². The van der Waals surface area contributed by atoms with Gasteiger partial charge in [0.05, 0.1) is 18.7 Å². The summed E-state index contributed by atoms with van der Waals surface area (Å²) in [4.78, 5) is 14.6. The van der Waals surface area contributed by atoms with Crippen LogP contribution in [-0.2, 0) is 11.2 Å². The maximum Gasteiger partial charge on any atom is 0.224 e. The van der Waals surface area contributed by atoms with E-state index in [4.69, 9.17) is 4.74 Å². The number of hydrogen-bond donors (Lipinski definition) is 1. The minimum absolute atomic E-state index is 0.0519. The minimum atomic E-state index is 0.0519. The van der Waals surface area contributed by atoms with E-state index in [1.165, 1.54) is 0 Å². The number of aryl methyl sites for hydroxylation is 1. The van der Waals surface area contributed by atoms with Crippen molar-refractivity contribution in [2.45, 2.75) is 39.2 Å². The van der Waals surface area contributed by atoms with Crippen molar-refractivity contribution in [1.29, 1.82) is 0 Å². The third-order valence-electron chi connectivity index (χ3n) is 4.49. The summed E-state index contributed by atoms with van der Waals surface area (Å²) < 4.78 is 5.43. The van der Waals surface area contributed by atoms with Gasteiger partial charge in [-0.25, -0.2) is 0 Å². The van der Waals surface area contributed by atoms with Crippen LogP contribution in [0, 0.1) is 6.92 Å².